The van der Waals surface area contributed by atoms with E-state index in [2.05, 4.69) is 46.9 Å². The number of aromatic nitrogens is 2. The van der Waals surface area contributed by atoms with Gasteiger partial charge in [-0.2, -0.15) is 5.10 Å². The van der Waals surface area contributed by atoms with E-state index in [-0.39, 0.29) is 12.1 Å². The van der Waals surface area contributed by atoms with Crippen LogP contribution in [0.15, 0.2) is 10.7 Å². The Bertz CT molecular complexity index is 381. The van der Waals surface area contributed by atoms with Gasteiger partial charge in [-0.25, -0.2) is 0 Å². The highest BCUT2D eigenvalue weighted by Gasteiger charge is 2.17. The largest absolute Gasteiger partial charge is 0.382 e. The third-order valence-electron chi connectivity index (χ3n) is 3.23. The number of nitrogens with zero attached hydrogens (tertiary/aromatic N) is 3. The first-order valence-corrected chi connectivity index (χ1v) is 7.39. The monoisotopic (exact) mass is 332 g/mol. The predicted octanol–water partition coefficient (Wildman–Crippen LogP) is 2.02. The lowest BCUT2D eigenvalue weighted by atomic mass is 10.1. The van der Waals surface area contributed by atoms with Gasteiger partial charge in [0.25, 0.3) is 0 Å². The van der Waals surface area contributed by atoms with Crippen molar-refractivity contribution in [2.45, 2.75) is 38.5 Å². The maximum atomic E-state index is 6.29. The lowest BCUT2D eigenvalue weighted by Crippen LogP contribution is -2.23. The van der Waals surface area contributed by atoms with Gasteiger partial charge in [-0.15, -0.1) is 0 Å². The van der Waals surface area contributed by atoms with E-state index in [1.54, 1.807) is 7.11 Å². The van der Waals surface area contributed by atoms with Crippen molar-refractivity contribution < 1.29 is 4.74 Å². The van der Waals surface area contributed by atoms with Crippen LogP contribution in [0.5, 0.6) is 0 Å². The summed E-state index contributed by atoms with van der Waals surface area (Å²) in [4.78, 5) is 2.14. The molecule has 0 spiro atoms. The molecule has 2 atom stereocenters. The molecule has 0 aliphatic heterocycles. The summed E-state index contributed by atoms with van der Waals surface area (Å²) in [7, 11) is 5.84. The molecule has 0 aliphatic carbocycles. The van der Waals surface area contributed by atoms with Gasteiger partial charge >= 0.3 is 0 Å². The fraction of sp³-hybridized carbons (Fsp3) is 0.769. The Kier molecular flexibility index (Phi) is 6.99. The first-order chi connectivity index (χ1) is 8.95. The lowest BCUT2D eigenvalue weighted by Gasteiger charge is -2.18. The van der Waals surface area contributed by atoms with Crippen LogP contribution in [-0.2, 0) is 11.3 Å². The Morgan fingerprint density at radius 3 is 2.74 bits per heavy atom. The average molecular weight is 333 g/mol. The van der Waals surface area contributed by atoms with Crippen LogP contribution in [0.1, 0.15) is 31.5 Å². The van der Waals surface area contributed by atoms with E-state index in [9.17, 15) is 0 Å². The summed E-state index contributed by atoms with van der Waals surface area (Å²) in [5, 5.41) is 4.39. The van der Waals surface area contributed by atoms with E-state index < -0.39 is 0 Å². The number of nitrogens with two attached hydrogens (primary N) is 1. The Hall–Kier alpha value is -0.430. The van der Waals surface area contributed by atoms with Crippen molar-refractivity contribution in [1.29, 1.82) is 0 Å². The highest BCUT2D eigenvalue weighted by atomic mass is 79.9. The summed E-state index contributed by atoms with van der Waals surface area (Å²) < 4.78 is 8.24. The molecule has 2 unspecified atom stereocenters. The van der Waals surface area contributed by atoms with Gasteiger partial charge < -0.3 is 15.4 Å². The highest BCUT2D eigenvalue weighted by molar-refractivity contribution is 9.10. The van der Waals surface area contributed by atoms with Crippen LogP contribution in [0.2, 0.25) is 0 Å². The van der Waals surface area contributed by atoms with Crippen molar-refractivity contribution in [3.05, 3.63) is 16.4 Å². The van der Waals surface area contributed by atoms with E-state index in [0.717, 1.165) is 36.1 Å². The Labute approximate surface area is 124 Å². The molecule has 1 aromatic heterocycles. The maximum absolute atomic E-state index is 6.29. The van der Waals surface area contributed by atoms with Gasteiger partial charge in [-0.1, -0.05) is 0 Å². The van der Waals surface area contributed by atoms with Crippen LogP contribution >= 0.6 is 15.9 Å². The molecule has 110 valence electrons. The standard InChI is InChI=1S/C13H25BrN4O/c1-10(19-4)5-6-12(15)13-11(14)9-16-18(13)8-7-17(2)3/h9-10,12H,5-8,15H2,1-4H3. The molecule has 0 fully saturated rings. The zero-order valence-corrected chi connectivity index (χ0v) is 13.9. The number of ether oxygens (including phenoxy) is 1. The van der Waals surface area contributed by atoms with E-state index in [0.29, 0.717) is 0 Å². The minimum Gasteiger partial charge on any atom is -0.382 e. The molecule has 0 aliphatic rings. The summed E-state index contributed by atoms with van der Waals surface area (Å²) in [6, 6.07) is -0.0170. The average Bonchev–Trinajstić information content (AvgIpc) is 2.74. The normalized spacial score (nSPS) is 14.9. The van der Waals surface area contributed by atoms with Gasteiger partial charge in [0.2, 0.25) is 0 Å². The molecule has 0 amide bonds. The van der Waals surface area contributed by atoms with Crippen molar-refractivity contribution >= 4 is 15.9 Å². The van der Waals surface area contributed by atoms with Gasteiger partial charge in [0.15, 0.2) is 0 Å². The summed E-state index contributed by atoms with van der Waals surface area (Å²) in [5.74, 6) is 0. The molecule has 0 radical (unpaired) electrons. The molecule has 0 aromatic carbocycles. The third-order valence-corrected chi connectivity index (χ3v) is 3.84. The van der Waals surface area contributed by atoms with E-state index in [1.807, 2.05) is 10.9 Å². The Balaban J connectivity index is 2.66. The van der Waals surface area contributed by atoms with Gasteiger partial charge in [0.05, 0.1) is 29.0 Å². The molecule has 0 saturated heterocycles. The second kappa shape index (κ2) is 7.99. The zero-order chi connectivity index (χ0) is 14.4. The van der Waals surface area contributed by atoms with E-state index in [4.69, 9.17) is 10.5 Å². The molecule has 1 rings (SSSR count). The van der Waals surface area contributed by atoms with Crippen LogP contribution in [0.4, 0.5) is 0 Å². The lowest BCUT2D eigenvalue weighted by molar-refractivity contribution is 0.107. The van der Waals surface area contributed by atoms with Crippen LogP contribution in [0.3, 0.4) is 0 Å². The van der Waals surface area contributed by atoms with Gasteiger partial charge in [0, 0.05) is 19.7 Å². The van der Waals surface area contributed by atoms with E-state index >= 15 is 0 Å². The van der Waals surface area contributed by atoms with Gasteiger partial charge in [0.1, 0.15) is 0 Å². The first-order valence-electron chi connectivity index (χ1n) is 6.60. The van der Waals surface area contributed by atoms with Crippen LogP contribution in [0, 0.1) is 0 Å². The molecular formula is C13H25BrN4O. The minimum absolute atomic E-state index is 0.0170. The SMILES string of the molecule is COC(C)CCC(N)c1c(Br)cnn1CCN(C)C. The van der Waals surface area contributed by atoms with Crippen molar-refractivity contribution in [3.8, 4) is 0 Å². The third kappa shape index (κ3) is 5.22. The first kappa shape index (κ1) is 16.6. The topological polar surface area (TPSA) is 56.3 Å². The quantitative estimate of drug-likeness (QED) is 0.791. The molecule has 0 bridgehead atoms. The molecular weight excluding hydrogens is 308 g/mol. The van der Waals surface area contributed by atoms with Crippen molar-refractivity contribution in [2.75, 3.05) is 27.7 Å². The van der Waals surface area contributed by atoms with E-state index in [1.165, 1.54) is 0 Å². The molecule has 1 aromatic rings. The Morgan fingerprint density at radius 1 is 1.47 bits per heavy atom. The number of halogens is 1. The van der Waals surface area contributed by atoms with Gasteiger partial charge in [-0.3, -0.25) is 4.68 Å². The second-order valence-electron chi connectivity index (χ2n) is 5.13. The predicted molar refractivity (Wildman–Crippen MR) is 81.1 cm³/mol. The number of likely N-dealkylation sites (N-methyl/N-ethyl adjacent to an activating group) is 1. The minimum atomic E-state index is -0.0170. The fourth-order valence-electron chi connectivity index (χ4n) is 1.88. The zero-order valence-electron chi connectivity index (χ0n) is 12.3. The Morgan fingerprint density at radius 2 is 2.16 bits per heavy atom. The number of rotatable bonds is 8. The summed E-state index contributed by atoms with van der Waals surface area (Å²) in [6.07, 6.45) is 3.90. The van der Waals surface area contributed by atoms with Crippen molar-refractivity contribution in [3.63, 3.8) is 0 Å². The summed E-state index contributed by atoms with van der Waals surface area (Å²) >= 11 is 3.54. The van der Waals surface area contributed by atoms with Crippen LogP contribution < -0.4 is 5.73 Å². The summed E-state index contributed by atoms with van der Waals surface area (Å²) in [5.41, 5.74) is 7.36. The number of hydrogen-bond donors (Lipinski definition) is 1. The number of hydrogen-bond acceptors (Lipinski definition) is 4. The number of methoxy groups -OCH3 is 1. The van der Waals surface area contributed by atoms with Crippen molar-refractivity contribution in [1.82, 2.24) is 14.7 Å². The fourth-order valence-corrected chi connectivity index (χ4v) is 2.47. The molecule has 2 N–H and O–H groups in total. The van der Waals surface area contributed by atoms with Crippen LogP contribution in [0.25, 0.3) is 0 Å². The van der Waals surface area contributed by atoms with Crippen LogP contribution in [-0.4, -0.2) is 48.5 Å². The smallest absolute Gasteiger partial charge is 0.0694 e. The molecule has 5 nitrogen and oxygen atoms in total. The highest BCUT2D eigenvalue weighted by Crippen LogP contribution is 2.25. The molecule has 1 heterocycles. The van der Waals surface area contributed by atoms with Crippen molar-refractivity contribution in [2.24, 2.45) is 5.73 Å². The molecule has 6 heteroatoms. The molecule has 0 saturated carbocycles. The maximum Gasteiger partial charge on any atom is 0.0694 e. The second-order valence-corrected chi connectivity index (χ2v) is 5.99. The molecule has 19 heavy (non-hydrogen) atoms. The summed E-state index contributed by atoms with van der Waals surface area (Å²) in [6.45, 7) is 3.86. The van der Waals surface area contributed by atoms with Gasteiger partial charge in [-0.05, 0) is 49.8 Å².